The molecule has 122 valence electrons. The molecule has 0 unspecified atom stereocenters. The van der Waals surface area contributed by atoms with E-state index < -0.39 is 11.8 Å². The van der Waals surface area contributed by atoms with Crippen LogP contribution in [0.25, 0.3) is 11.0 Å². The first-order valence-electron chi connectivity index (χ1n) is 7.69. The van der Waals surface area contributed by atoms with E-state index >= 15 is 0 Å². The van der Waals surface area contributed by atoms with Crippen molar-refractivity contribution < 1.29 is 14.3 Å². The van der Waals surface area contributed by atoms with E-state index in [4.69, 9.17) is 9.47 Å². The number of allylic oxidation sites excluding steroid dienone is 1. The molecular weight excluding hydrogens is 294 g/mol. The second-order valence-corrected chi connectivity index (χ2v) is 6.73. The van der Waals surface area contributed by atoms with Crippen LogP contribution in [0.5, 0.6) is 0 Å². The zero-order valence-electron chi connectivity index (χ0n) is 13.8. The Kier molecular flexibility index (Phi) is 3.83. The number of aromatic nitrogens is 3. The highest BCUT2D eigenvalue weighted by atomic mass is 16.7. The zero-order valence-corrected chi connectivity index (χ0v) is 13.8. The summed E-state index contributed by atoms with van der Waals surface area (Å²) in [7, 11) is 0. The van der Waals surface area contributed by atoms with Crippen LogP contribution < -0.4 is 0 Å². The predicted molar refractivity (Wildman–Crippen MR) is 86.2 cm³/mol. The summed E-state index contributed by atoms with van der Waals surface area (Å²) in [5.41, 5.74) is 1.30. The number of aryl methyl sites for hydroxylation is 1. The zero-order chi connectivity index (χ0) is 16.6. The monoisotopic (exact) mass is 315 g/mol. The van der Waals surface area contributed by atoms with Crippen LogP contribution in [0.15, 0.2) is 30.7 Å². The highest BCUT2D eigenvalue weighted by Crippen LogP contribution is 2.29. The van der Waals surface area contributed by atoms with E-state index in [9.17, 15) is 4.79 Å². The summed E-state index contributed by atoms with van der Waals surface area (Å²) in [4.78, 5) is 20.3. The molecule has 1 aliphatic carbocycles. The number of rotatable bonds is 2. The number of nitrogens with zero attached hydrogens (tertiary/aromatic N) is 3. The summed E-state index contributed by atoms with van der Waals surface area (Å²) < 4.78 is 12.6. The summed E-state index contributed by atoms with van der Waals surface area (Å²) in [5, 5.41) is 1.04. The van der Waals surface area contributed by atoms with Gasteiger partial charge in [-0.25, -0.2) is 14.8 Å². The minimum atomic E-state index is -0.636. The third kappa shape index (κ3) is 3.36. The van der Waals surface area contributed by atoms with Gasteiger partial charge in [-0.15, -0.1) is 0 Å². The van der Waals surface area contributed by atoms with Gasteiger partial charge in [-0.3, -0.25) is 0 Å². The number of carbonyl (C=O) groups excluding carboxylic acids is 1. The third-order valence-corrected chi connectivity index (χ3v) is 3.72. The quantitative estimate of drug-likeness (QED) is 0.626. The number of fused-ring (bicyclic) bond motifs is 1. The van der Waals surface area contributed by atoms with E-state index in [1.165, 1.54) is 0 Å². The van der Waals surface area contributed by atoms with Crippen molar-refractivity contribution in [1.82, 2.24) is 14.5 Å². The molecule has 0 fully saturated rings. The minimum Gasteiger partial charge on any atom is -0.429 e. The molecule has 2 atom stereocenters. The number of hydrogen-bond donors (Lipinski definition) is 0. The van der Waals surface area contributed by atoms with Gasteiger partial charge in [-0.2, -0.15) is 0 Å². The molecule has 0 spiro atoms. The molecular formula is C17H21N3O3. The Hall–Kier alpha value is -2.37. The van der Waals surface area contributed by atoms with Crippen molar-refractivity contribution in [3.8, 4) is 0 Å². The second kappa shape index (κ2) is 5.68. The molecule has 2 aromatic rings. The Bertz CT molecular complexity index is 758. The summed E-state index contributed by atoms with van der Waals surface area (Å²) in [5.74, 6) is 0. The average molecular weight is 315 g/mol. The van der Waals surface area contributed by atoms with Gasteiger partial charge in [0.15, 0.2) is 0 Å². The van der Waals surface area contributed by atoms with E-state index in [1.54, 1.807) is 6.33 Å². The smallest absolute Gasteiger partial charge is 0.429 e. The summed E-state index contributed by atoms with van der Waals surface area (Å²) in [6.07, 6.45) is 7.25. The molecule has 0 N–H and O–H groups in total. The summed E-state index contributed by atoms with van der Waals surface area (Å²) >= 11 is 0. The first kappa shape index (κ1) is 15.5. The summed E-state index contributed by atoms with van der Waals surface area (Å²) in [6.45, 7) is 7.41. The topological polar surface area (TPSA) is 66.2 Å². The Morgan fingerprint density at radius 3 is 2.83 bits per heavy atom. The lowest BCUT2D eigenvalue weighted by atomic mass is 10.2. The van der Waals surface area contributed by atoms with E-state index in [0.717, 1.165) is 16.7 Å². The maximum Gasteiger partial charge on any atom is 0.509 e. The van der Waals surface area contributed by atoms with E-state index in [2.05, 4.69) is 14.5 Å². The first-order valence-corrected chi connectivity index (χ1v) is 7.69. The lowest BCUT2D eigenvalue weighted by Gasteiger charge is -2.21. The third-order valence-electron chi connectivity index (χ3n) is 3.72. The maximum atomic E-state index is 11.8. The van der Waals surface area contributed by atoms with Crippen molar-refractivity contribution in [3.05, 3.63) is 36.4 Å². The fourth-order valence-electron chi connectivity index (χ4n) is 2.70. The number of hydrogen-bond acceptors (Lipinski definition) is 5. The highest BCUT2D eigenvalue weighted by Gasteiger charge is 2.27. The number of carbonyl (C=O) groups is 1. The van der Waals surface area contributed by atoms with Crippen molar-refractivity contribution in [2.45, 2.75) is 51.9 Å². The average Bonchev–Trinajstić information content (AvgIpc) is 3.03. The molecule has 3 rings (SSSR count). The minimum absolute atomic E-state index is 0.106. The standard InChI is InChI=1S/C17H21N3O3/c1-11-14-7-8-20(15(14)19-10-18-11)12-5-6-13(9-12)22-16(21)23-17(2,3)4/h5-8,10,12-13H,9H2,1-4H3/t12-,13+/m0/s1. The second-order valence-electron chi connectivity index (χ2n) is 6.73. The highest BCUT2D eigenvalue weighted by molar-refractivity contribution is 5.78. The molecule has 0 amide bonds. The van der Waals surface area contributed by atoms with Crippen LogP contribution in [0.1, 0.15) is 38.9 Å². The SMILES string of the molecule is Cc1ncnc2c1ccn2[C@H]1C=C[C@@H](OC(=O)OC(C)(C)C)C1. The van der Waals surface area contributed by atoms with Crippen molar-refractivity contribution in [3.63, 3.8) is 0 Å². The maximum absolute atomic E-state index is 11.8. The van der Waals surface area contributed by atoms with Gasteiger partial charge in [-0.05, 0) is 39.8 Å². The fourth-order valence-corrected chi connectivity index (χ4v) is 2.70. The van der Waals surface area contributed by atoms with Gasteiger partial charge in [-0.1, -0.05) is 6.08 Å². The van der Waals surface area contributed by atoms with E-state index in [-0.39, 0.29) is 12.1 Å². The molecule has 0 saturated carbocycles. The van der Waals surface area contributed by atoms with Crippen LogP contribution in [0, 0.1) is 6.92 Å². The van der Waals surface area contributed by atoms with Gasteiger partial charge in [0.1, 0.15) is 23.7 Å². The van der Waals surface area contributed by atoms with Gasteiger partial charge in [0.25, 0.3) is 0 Å². The lowest BCUT2D eigenvalue weighted by Crippen LogP contribution is -2.27. The Labute approximate surface area is 135 Å². The van der Waals surface area contributed by atoms with Crippen LogP contribution in [0.4, 0.5) is 4.79 Å². The van der Waals surface area contributed by atoms with Crippen molar-refractivity contribution in [2.24, 2.45) is 0 Å². The molecule has 6 nitrogen and oxygen atoms in total. The molecule has 6 heteroatoms. The van der Waals surface area contributed by atoms with Crippen molar-refractivity contribution in [2.75, 3.05) is 0 Å². The van der Waals surface area contributed by atoms with Gasteiger partial charge in [0.05, 0.1) is 11.7 Å². The molecule has 0 aromatic carbocycles. The van der Waals surface area contributed by atoms with Gasteiger partial charge in [0.2, 0.25) is 0 Å². The van der Waals surface area contributed by atoms with Crippen LogP contribution in [-0.4, -0.2) is 32.4 Å². The van der Waals surface area contributed by atoms with Crippen molar-refractivity contribution >= 4 is 17.2 Å². The van der Waals surface area contributed by atoms with Gasteiger partial charge in [0, 0.05) is 18.0 Å². The van der Waals surface area contributed by atoms with Gasteiger partial charge >= 0.3 is 6.16 Å². The van der Waals surface area contributed by atoms with Crippen LogP contribution in [-0.2, 0) is 9.47 Å². The molecule has 23 heavy (non-hydrogen) atoms. The molecule has 0 radical (unpaired) electrons. The molecule has 2 heterocycles. The Balaban J connectivity index is 1.69. The number of ether oxygens (including phenoxy) is 2. The largest absolute Gasteiger partial charge is 0.509 e. The summed E-state index contributed by atoms with van der Waals surface area (Å²) in [6, 6.07) is 2.12. The normalized spacial score (nSPS) is 20.9. The van der Waals surface area contributed by atoms with Crippen LogP contribution in [0.3, 0.4) is 0 Å². The molecule has 0 bridgehead atoms. The molecule has 0 saturated heterocycles. The van der Waals surface area contributed by atoms with E-state index in [0.29, 0.717) is 6.42 Å². The fraction of sp³-hybridized carbons (Fsp3) is 0.471. The molecule has 1 aliphatic rings. The predicted octanol–water partition coefficient (Wildman–Crippen LogP) is 3.56. The van der Waals surface area contributed by atoms with E-state index in [1.807, 2.05) is 52.1 Å². The molecule has 2 aromatic heterocycles. The Morgan fingerprint density at radius 2 is 2.09 bits per heavy atom. The van der Waals surface area contributed by atoms with Crippen LogP contribution in [0.2, 0.25) is 0 Å². The lowest BCUT2D eigenvalue weighted by molar-refractivity contribution is -0.0191. The molecule has 0 aliphatic heterocycles. The van der Waals surface area contributed by atoms with Crippen LogP contribution >= 0.6 is 0 Å². The van der Waals surface area contributed by atoms with Gasteiger partial charge < -0.3 is 14.0 Å². The Morgan fingerprint density at radius 1 is 1.30 bits per heavy atom. The first-order chi connectivity index (χ1) is 10.8. The van der Waals surface area contributed by atoms with Crippen molar-refractivity contribution in [1.29, 1.82) is 0 Å².